The minimum Gasteiger partial charge on any atom is -0.494 e. The highest BCUT2D eigenvalue weighted by molar-refractivity contribution is 7.99. The molecule has 1 N–H and O–H groups in total. The molecule has 0 bridgehead atoms. The Hall–Kier alpha value is -3.06. The van der Waals surface area contributed by atoms with Crippen LogP contribution in [0.4, 0.5) is 0 Å². The fourth-order valence-corrected chi connectivity index (χ4v) is 3.76. The SMILES string of the molecule is CCOc1ccc(-c2ccc(=O)n(CCNC(=O)c3ccccc3SCC)n2)cc1. The van der Waals surface area contributed by atoms with E-state index in [2.05, 4.69) is 17.3 Å². The van der Waals surface area contributed by atoms with Crippen molar-refractivity contribution in [3.8, 4) is 17.0 Å². The Labute approximate surface area is 180 Å². The summed E-state index contributed by atoms with van der Waals surface area (Å²) in [4.78, 5) is 25.7. The summed E-state index contributed by atoms with van der Waals surface area (Å²) >= 11 is 1.63. The number of rotatable bonds is 9. The Bertz CT molecular complexity index is 1050. The molecule has 0 aliphatic rings. The summed E-state index contributed by atoms with van der Waals surface area (Å²) in [6.07, 6.45) is 0. The number of hydrogen-bond acceptors (Lipinski definition) is 5. The second-order valence-corrected chi connectivity index (χ2v) is 7.73. The van der Waals surface area contributed by atoms with E-state index in [0.717, 1.165) is 22.0 Å². The highest BCUT2D eigenvalue weighted by Crippen LogP contribution is 2.22. The number of hydrogen-bond donors (Lipinski definition) is 1. The van der Waals surface area contributed by atoms with Crippen molar-refractivity contribution < 1.29 is 9.53 Å². The highest BCUT2D eigenvalue weighted by atomic mass is 32.2. The lowest BCUT2D eigenvalue weighted by atomic mass is 10.1. The maximum atomic E-state index is 12.5. The number of nitrogens with zero attached hydrogens (tertiary/aromatic N) is 2. The van der Waals surface area contributed by atoms with Crippen LogP contribution < -0.4 is 15.6 Å². The standard InChI is InChI=1S/C23H25N3O3S/c1-3-29-18-11-9-17(10-12-18)20-13-14-22(27)26(25-20)16-15-24-23(28)19-7-5-6-8-21(19)30-4-2/h5-14H,3-4,15-16H2,1-2H3,(H,24,28). The van der Waals surface area contributed by atoms with Crippen LogP contribution in [-0.2, 0) is 6.54 Å². The first-order chi connectivity index (χ1) is 14.6. The molecule has 0 saturated heterocycles. The van der Waals surface area contributed by atoms with Crippen LogP contribution in [0.2, 0.25) is 0 Å². The largest absolute Gasteiger partial charge is 0.494 e. The van der Waals surface area contributed by atoms with Crippen LogP contribution in [-0.4, -0.2) is 34.6 Å². The summed E-state index contributed by atoms with van der Waals surface area (Å²) in [5.41, 5.74) is 2.02. The first-order valence-corrected chi connectivity index (χ1v) is 10.9. The van der Waals surface area contributed by atoms with E-state index in [4.69, 9.17) is 4.74 Å². The number of amides is 1. The predicted octanol–water partition coefficient (Wildman–Crippen LogP) is 3.85. The zero-order chi connectivity index (χ0) is 21.3. The minimum atomic E-state index is -0.208. The zero-order valence-electron chi connectivity index (χ0n) is 17.1. The number of carbonyl (C=O) groups excluding carboxylic acids is 1. The number of thioether (sulfide) groups is 1. The Balaban J connectivity index is 1.66. The predicted molar refractivity (Wildman–Crippen MR) is 120 cm³/mol. The molecule has 0 spiro atoms. The molecule has 0 aliphatic carbocycles. The van der Waals surface area contributed by atoms with E-state index in [1.54, 1.807) is 17.8 Å². The fourth-order valence-electron chi connectivity index (χ4n) is 2.96. The Kier molecular flexibility index (Phi) is 7.68. The average molecular weight is 424 g/mol. The van der Waals surface area contributed by atoms with Gasteiger partial charge in [-0.1, -0.05) is 19.1 Å². The van der Waals surface area contributed by atoms with Gasteiger partial charge in [0.25, 0.3) is 11.5 Å². The zero-order valence-corrected chi connectivity index (χ0v) is 17.9. The van der Waals surface area contributed by atoms with Gasteiger partial charge in [0.05, 0.1) is 24.4 Å². The number of ether oxygens (including phenoxy) is 1. The van der Waals surface area contributed by atoms with E-state index < -0.39 is 0 Å². The van der Waals surface area contributed by atoms with Gasteiger partial charge in [-0.3, -0.25) is 9.59 Å². The number of carbonyl (C=O) groups is 1. The molecule has 0 radical (unpaired) electrons. The molecule has 0 unspecified atom stereocenters. The monoisotopic (exact) mass is 423 g/mol. The molecule has 6 nitrogen and oxygen atoms in total. The molecule has 7 heteroatoms. The van der Waals surface area contributed by atoms with Crippen molar-refractivity contribution in [2.45, 2.75) is 25.3 Å². The van der Waals surface area contributed by atoms with Crippen LogP contribution in [0.15, 0.2) is 70.4 Å². The molecule has 0 atom stereocenters. The van der Waals surface area contributed by atoms with Gasteiger partial charge < -0.3 is 10.1 Å². The lowest BCUT2D eigenvalue weighted by Crippen LogP contribution is -2.32. The van der Waals surface area contributed by atoms with Crippen molar-refractivity contribution in [3.05, 3.63) is 76.6 Å². The Morgan fingerprint density at radius 3 is 2.57 bits per heavy atom. The van der Waals surface area contributed by atoms with Crippen LogP contribution in [0.3, 0.4) is 0 Å². The van der Waals surface area contributed by atoms with Crippen molar-refractivity contribution in [1.29, 1.82) is 0 Å². The first kappa shape index (κ1) is 21.6. The Morgan fingerprint density at radius 2 is 1.83 bits per heavy atom. The van der Waals surface area contributed by atoms with Crippen molar-refractivity contribution >= 4 is 17.7 Å². The fraction of sp³-hybridized carbons (Fsp3) is 0.261. The first-order valence-electron chi connectivity index (χ1n) is 9.93. The minimum absolute atomic E-state index is 0.151. The smallest absolute Gasteiger partial charge is 0.266 e. The van der Waals surface area contributed by atoms with Gasteiger partial charge in [0.15, 0.2) is 0 Å². The topological polar surface area (TPSA) is 73.2 Å². The van der Waals surface area contributed by atoms with Crippen LogP contribution in [0.1, 0.15) is 24.2 Å². The number of nitrogens with one attached hydrogen (secondary N) is 1. The summed E-state index contributed by atoms with van der Waals surface area (Å²) in [5.74, 6) is 1.53. The summed E-state index contributed by atoms with van der Waals surface area (Å²) in [6, 6.07) is 18.3. The van der Waals surface area contributed by atoms with Gasteiger partial charge in [-0.05, 0) is 55.1 Å². The Morgan fingerprint density at radius 1 is 1.07 bits per heavy atom. The molecule has 0 aliphatic heterocycles. The van der Waals surface area contributed by atoms with Crippen LogP contribution >= 0.6 is 11.8 Å². The third-order valence-electron chi connectivity index (χ3n) is 4.37. The summed E-state index contributed by atoms with van der Waals surface area (Å²) in [7, 11) is 0. The van der Waals surface area contributed by atoms with Crippen LogP contribution in [0.25, 0.3) is 11.3 Å². The van der Waals surface area contributed by atoms with E-state index in [9.17, 15) is 9.59 Å². The second-order valence-electron chi connectivity index (χ2n) is 6.42. The molecule has 1 heterocycles. The molecular formula is C23H25N3O3S. The molecule has 30 heavy (non-hydrogen) atoms. The molecule has 2 aromatic carbocycles. The molecule has 1 amide bonds. The third-order valence-corrected chi connectivity index (χ3v) is 5.32. The van der Waals surface area contributed by atoms with Crippen LogP contribution in [0, 0.1) is 0 Å². The van der Waals surface area contributed by atoms with Gasteiger partial charge in [-0.15, -0.1) is 11.8 Å². The van der Waals surface area contributed by atoms with Gasteiger partial charge in [-0.2, -0.15) is 5.10 Å². The summed E-state index contributed by atoms with van der Waals surface area (Å²) in [6.45, 7) is 5.19. The lowest BCUT2D eigenvalue weighted by molar-refractivity contribution is 0.0949. The molecule has 156 valence electrons. The van der Waals surface area contributed by atoms with Crippen molar-refractivity contribution in [2.24, 2.45) is 0 Å². The van der Waals surface area contributed by atoms with Crippen molar-refractivity contribution in [2.75, 3.05) is 18.9 Å². The van der Waals surface area contributed by atoms with E-state index >= 15 is 0 Å². The van der Waals surface area contributed by atoms with Gasteiger partial charge in [0, 0.05) is 23.1 Å². The lowest BCUT2D eigenvalue weighted by Gasteiger charge is -2.11. The second kappa shape index (κ2) is 10.6. The summed E-state index contributed by atoms with van der Waals surface area (Å²) in [5, 5.41) is 7.33. The average Bonchev–Trinajstić information content (AvgIpc) is 2.76. The van der Waals surface area contributed by atoms with Gasteiger partial charge in [0.2, 0.25) is 0 Å². The van der Waals surface area contributed by atoms with E-state index in [0.29, 0.717) is 31.0 Å². The van der Waals surface area contributed by atoms with E-state index in [1.165, 1.54) is 10.7 Å². The van der Waals surface area contributed by atoms with Gasteiger partial charge >= 0.3 is 0 Å². The maximum absolute atomic E-state index is 12.5. The molecular weight excluding hydrogens is 398 g/mol. The van der Waals surface area contributed by atoms with Crippen molar-refractivity contribution in [1.82, 2.24) is 15.1 Å². The third kappa shape index (κ3) is 5.51. The van der Waals surface area contributed by atoms with E-state index in [1.807, 2.05) is 55.5 Å². The van der Waals surface area contributed by atoms with Gasteiger partial charge in [-0.25, -0.2) is 4.68 Å². The number of benzene rings is 2. The number of aromatic nitrogens is 2. The normalized spacial score (nSPS) is 10.6. The quantitative estimate of drug-likeness (QED) is 0.529. The van der Waals surface area contributed by atoms with E-state index in [-0.39, 0.29) is 11.5 Å². The summed E-state index contributed by atoms with van der Waals surface area (Å²) < 4.78 is 6.83. The molecule has 3 aromatic rings. The molecule has 0 fully saturated rings. The van der Waals surface area contributed by atoms with Crippen LogP contribution in [0.5, 0.6) is 5.75 Å². The van der Waals surface area contributed by atoms with Gasteiger partial charge in [0.1, 0.15) is 5.75 Å². The molecule has 3 rings (SSSR count). The van der Waals surface area contributed by atoms with Crippen molar-refractivity contribution in [3.63, 3.8) is 0 Å². The maximum Gasteiger partial charge on any atom is 0.266 e. The molecule has 1 aromatic heterocycles. The molecule has 0 saturated carbocycles. The highest BCUT2D eigenvalue weighted by Gasteiger charge is 2.11.